The van der Waals surface area contributed by atoms with Crippen LogP contribution in [0.2, 0.25) is 0 Å². The average Bonchev–Trinajstić information content (AvgIpc) is 2.86. The second kappa shape index (κ2) is 6.51. The van der Waals surface area contributed by atoms with Gasteiger partial charge in [-0.3, -0.25) is 0 Å². The number of halogens is 1. The van der Waals surface area contributed by atoms with E-state index in [0.717, 1.165) is 42.6 Å². The van der Waals surface area contributed by atoms with Crippen molar-refractivity contribution in [3.8, 4) is 0 Å². The molecule has 2 aromatic heterocycles. The zero-order valence-electron chi connectivity index (χ0n) is 11.2. The number of ether oxygens (including phenoxy) is 1. The quantitative estimate of drug-likeness (QED) is 0.811. The van der Waals surface area contributed by atoms with Crippen molar-refractivity contribution in [2.45, 2.75) is 18.9 Å². The normalized spacial score (nSPS) is 16.6. The predicted molar refractivity (Wildman–Crippen MR) is 81.0 cm³/mol. The summed E-state index contributed by atoms with van der Waals surface area (Å²) in [7, 11) is 0. The maximum Gasteiger partial charge on any atom is 0.243 e. The van der Waals surface area contributed by atoms with Gasteiger partial charge in [-0.25, -0.2) is 4.52 Å². The van der Waals surface area contributed by atoms with Crippen LogP contribution < -0.4 is 10.6 Å². The molecule has 0 amide bonds. The summed E-state index contributed by atoms with van der Waals surface area (Å²) in [5, 5.41) is 10.9. The number of aromatic nitrogens is 3. The zero-order valence-corrected chi connectivity index (χ0v) is 12.8. The summed E-state index contributed by atoms with van der Waals surface area (Å²) in [5.74, 6) is 0.636. The largest absolute Gasteiger partial charge is 0.376 e. The van der Waals surface area contributed by atoms with Gasteiger partial charge >= 0.3 is 0 Å². The summed E-state index contributed by atoms with van der Waals surface area (Å²) in [6.45, 7) is 3.52. The number of nitrogens with zero attached hydrogens (tertiary/aromatic N) is 3. The second-order valence-electron chi connectivity index (χ2n) is 4.83. The molecule has 2 N–H and O–H groups in total. The third kappa shape index (κ3) is 3.47. The van der Waals surface area contributed by atoms with Crippen LogP contribution in [0.15, 0.2) is 22.8 Å². The Morgan fingerprint density at radius 3 is 3.10 bits per heavy atom. The zero-order chi connectivity index (χ0) is 13.8. The van der Waals surface area contributed by atoms with Crippen LogP contribution in [0.1, 0.15) is 12.8 Å². The molecule has 0 radical (unpaired) electrons. The summed E-state index contributed by atoms with van der Waals surface area (Å²) >= 11 is 3.42. The van der Waals surface area contributed by atoms with E-state index in [-0.39, 0.29) is 0 Å². The third-order valence-corrected chi connectivity index (χ3v) is 3.79. The van der Waals surface area contributed by atoms with E-state index >= 15 is 0 Å². The fourth-order valence-corrected chi connectivity index (χ4v) is 2.61. The van der Waals surface area contributed by atoms with Gasteiger partial charge in [0.1, 0.15) is 0 Å². The van der Waals surface area contributed by atoms with E-state index in [9.17, 15) is 0 Å². The Morgan fingerprint density at radius 2 is 2.25 bits per heavy atom. The molecular weight excluding hydrogens is 322 g/mol. The highest BCUT2D eigenvalue weighted by molar-refractivity contribution is 9.10. The van der Waals surface area contributed by atoms with E-state index in [4.69, 9.17) is 4.74 Å². The summed E-state index contributed by atoms with van der Waals surface area (Å²) in [4.78, 5) is 4.39. The molecule has 0 unspecified atom stereocenters. The number of hydrogen-bond donors (Lipinski definition) is 2. The first-order valence-electron chi connectivity index (χ1n) is 6.89. The Morgan fingerprint density at radius 1 is 1.40 bits per heavy atom. The Kier molecular flexibility index (Phi) is 4.49. The van der Waals surface area contributed by atoms with E-state index in [2.05, 4.69) is 36.6 Å². The number of fused-ring (bicyclic) bond motifs is 1. The van der Waals surface area contributed by atoms with Gasteiger partial charge in [-0.15, -0.1) is 5.10 Å². The summed E-state index contributed by atoms with van der Waals surface area (Å²) in [5.41, 5.74) is 0.829. The van der Waals surface area contributed by atoms with Gasteiger partial charge in [0.25, 0.3) is 0 Å². The van der Waals surface area contributed by atoms with E-state index in [0.29, 0.717) is 18.7 Å². The first-order valence-corrected chi connectivity index (χ1v) is 7.69. The minimum atomic E-state index is 0.392. The van der Waals surface area contributed by atoms with Gasteiger partial charge in [-0.2, -0.15) is 4.98 Å². The van der Waals surface area contributed by atoms with E-state index in [1.54, 1.807) is 4.52 Å². The van der Waals surface area contributed by atoms with E-state index in [1.807, 2.05) is 18.3 Å². The molecule has 1 aliphatic heterocycles. The fraction of sp³-hybridized carbons (Fsp3) is 0.538. The molecule has 0 spiro atoms. The van der Waals surface area contributed by atoms with Crippen LogP contribution in [0, 0.1) is 0 Å². The highest BCUT2D eigenvalue weighted by Crippen LogP contribution is 2.12. The lowest BCUT2D eigenvalue weighted by atomic mass is 10.1. The maximum absolute atomic E-state index is 5.83. The monoisotopic (exact) mass is 339 g/mol. The van der Waals surface area contributed by atoms with Crippen LogP contribution in [-0.2, 0) is 4.74 Å². The molecule has 0 saturated carbocycles. The van der Waals surface area contributed by atoms with E-state index < -0.39 is 0 Å². The van der Waals surface area contributed by atoms with Crippen molar-refractivity contribution in [3.63, 3.8) is 0 Å². The predicted octanol–water partition coefficient (Wildman–Crippen LogP) is 1.67. The number of anilines is 1. The van der Waals surface area contributed by atoms with Crippen molar-refractivity contribution in [1.82, 2.24) is 19.9 Å². The smallest absolute Gasteiger partial charge is 0.243 e. The Balaban J connectivity index is 1.47. The highest BCUT2D eigenvalue weighted by atomic mass is 79.9. The first kappa shape index (κ1) is 13.8. The third-order valence-electron chi connectivity index (χ3n) is 3.32. The second-order valence-corrected chi connectivity index (χ2v) is 5.75. The summed E-state index contributed by atoms with van der Waals surface area (Å²) in [6, 6.07) is 3.88. The van der Waals surface area contributed by atoms with Crippen LogP contribution >= 0.6 is 15.9 Å². The van der Waals surface area contributed by atoms with Gasteiger partial charge in [0.2, 0.25) is 5.95 Å². The van der Waals surface area contributed by atoms with Gasteiger partial charge < -0.3 is 15.4 Å². The SMILES string of the molecule is Brc1ccc2nc(NCCOC3CCNCC3)nn2c1. The molecule has 0 atom stereocenters. The lowest BCUT2D eigenvalue weighted by molar-refractivity contribution is 0.0394. The molecule has 0 aliphatic carbocycles. The highest BCUT2D eigenvalue weighted by Gasteiger charge is 2.12. The lowest BCUT2D eigenvalue weighted by Crippen LogP contribution is -2.33. The molecule has 7 heteroatoms. The number of piperidine rings is 1. The lowest BCUT2D eigenvalue weighted by Gasteiger charge is -2.22. The van der Waals surface area contributed by atoms with Crippen LogP contribution in [0.25, 0.3) is 5.65 Å². The van der Waals surface area contributed by atoms with Crippen molar-refractivity contribution in [3.05, 3.63) is 22.8 Å². The molecule has 3 rings (SSSR count). The van der Waals surface area contributed by atoms with Crippen molar-refractivity contribution in [2.75, 3.05) is 31.6 Å². The van der Waals surface area contributed by atoms with Crippen molar-refractivity contribution in [2.24, 2.45) is 0 Å². The molecule has 3 heterocycles. The molecular formula is C13H18BrN5O. The molecule has 20 heavy (non-hydrogen) atoms. The molecule has 0 aromatic carbocycles. The van der Waals surface area contributed by atoms with Gasteiger partial charge in [-0.1, -0.05) is 0 Å². The van der Waals surface area contributed by atoms with Gasteiger partial charge in [0.15, 0.2) is 5.65 Å². The molecule has 1 saturated heterocycles. The van der Waals surface area contributed by atoms with E-state index in [1.165, 1.54) is 0 Å². The fourth-order valence-electron chi connectivity index (χ4n) is 2.28. The Labute approximate surface area is 126 Å². The Bertz CT molecular complexity index is 567. The molecule has 2 aromatic rings. The molecule has 0 bridgehead atoms. The first-order chi connectivity index (χ1) is 9.81. The number of hydrogen-bond acceptors (Lipinski definition) is 5. The topological polar surface area (TPSA) is 63.5 Å². The van der Waals surface area contributed by atoms with Gasteiger partial charge in [0, 0.05) is 17.2 Å². The van der Waals surface area contributed by atoms with Crippen LogP contribution in [0.4, 0.5) is 5.95 Å². The number of rotatable bonds is 5. The average molecular weight is 340 g/mol. The van der Waals surface area contributed by atoms with Crippen molar-refractivity contribution in [1.29, 1.82) is 0 Å². The van der Waals surface area contributed by atoms with Gasteiger partial charge in [0.05, 0.1) is 12.7 Å². The van der Waals surface area contributed by atoms with Crippen LogP contribution in [0.3, 0.4) is 0 Å². The standard InChI is InChI=1S/C13H18BrN5O/c14-10-1-2-12-17-13(18-19(12)9-10)16-7-8-20-11-3-5-15-6-4-11/h1-2,9,11,15H,3-8H2,(H,16,18). The minimum absolute atomic E-state index is 0.392. The van der Waals surface area contributed by atoms with Crippen LogP contribution in [0.5, 0.6) is 0 Å². The van der Waals surface area contributed by atoms with Crippen molar-refractivity contribution >= 4 is 27.5 Å². The minimum Gasteiger partial charge on any atom is -0.376 e. The van der Waals surface area contributed by atoms with Crippen molar-refractivity contribution < 1.29 is 4.74 Å². The van der Waals surface area contributed by atoms with Gasteiger partial charge in [-0.05, 0) is 54.0 Å². The number of pyridine rings is 1. The molecule has 108 valence electrons. The number of nitrogens with one attached hydrogen (secondary N) is 2. The van der Waals surface area contributed by atoms with Crippen LogP contribution in [-0.4, -0.2) is 46.9 Å². The molecule has 6 nitrogen and oxygen atoms in total. The molecule has 1 aliphatic rings. The summed E-state index contributed by atoms with van der Waals surface area (Å²) in [6.07, 6.45) is 4.48. The Hall–Kier alpha value is -1.18. The maximum atomic E-state index is 5.83. The molecule has 1 fully saturated rings. The summed E-state index contributed by atoms with van der Waals surface area (Å²) < 4.78 is 8.56.